The quantitative estimate of drug-likeness (QED) is 0.450. The summed E-state index contributed by atoms with van der Waals surface area (Å²) >= 11 is 3.37. The number of tetrazole rings is 1. The third-order valence-electron chi connectivity index (χ3n) is 4.54. The number of nitrogens with zero attached hydrogens (tertiary/aromatic N) is 7. The molecule has 0 aliphatic carbocycles. The molecule has 0 N–H and O–H groups in total. The number of aromatic nitrogens is 6. The highest BCUT2D eigenvalue weighted by molar-refractivity contribution is 9.10. The molecule has 164 valence electrons. The summed E-state index contributed by atoms with van der Waals surface area (Å²) in [7, 11) is 0. The smallest absolute Gasteiger partial charge is 0.329 e. The highest BCUT2D eigenvalue weighted by Crippen LogP contribution is 2.29. The van der Waals surface area contributed by atoms with Gasteiger partial charge in [0, 0.05) is 32.0 Å². The first-order valence-corrected chi connectivity index (χ1v) is 10.4. The fourth-order valence-corrected chi connectivity index (χ4v) is 3.41. The molecule has 0 radical (unpaired) electrons. The van der Waals surface area contributed by atoms with E-state index in [0.717, 1.165) is 4.80 Å². The maximum absolute atomic E-state index is 13.4. The second-order valence-electron chi connectivity index (χ2n) is 6.73. The maximum atomic E-state index is 13.4. The maximum Gasteiger partial charge on any atom is 0.329 e. The number of hydrogen-bond donors (Lipinski definition) is 0. The van der Waals surface area contributed by atoms with Crippen LogP contribution in [0.1, 0.15) is 19.8 Å². The third kappa shape index (κ3) is 5.16. The fraction of sp³-hybridized carbons (Fsp3) is 0.444. The monoisotopic (exact) mass is 495 g/mol. The molecule has 0 unspecified atom stereocenters. The van der Waals surface area contributed by atoms with Crippen LogP contribution in [0.25, 0.3) is 11.6 Å². The lowest BCUT2D eigenvalue weighted by Gasteiger charge is -2.30. The summed E-state index contributed by atoms with van der Waals surface area (Å²) in [4.78, 5) is 18.9. The van der Waals surface area contributed by atoms with Gasteiger partial charge in [-0.15, -0.1) is 10.2 Å². The minimum Gasteiger partial charge on any atom is -0.489 e. The van der Waals surface area contributed by atoms with Crippen LogP contribution in [0.2, 0.25) is 0 Å². The number of ether oxygens (including phenoxy) is 2. The van der Waals surface area contributed by atoms with E-state index in [2.05, 4.69) is 41.5 Å². The largest absolute Gasteiger partial charge is 0.489 e. The Kier molecular flexibility index (Phi) is 6.39. The van der Waals surface area contributed by atoms with Crippen LogP contribution in [-0.4, -0.2) is 62.1 Å². The highest BCUT2D eigenvalue weighted by atomic mass is 79.9. The molecular formula is C18H19BrFN7O4. The van der Waals surface area contributed by atoms with Crippen LogP contribution in [0.15, 0.2) is 27.2 Å². The molecule has 31 heavy (non-hydrogen) atoms. The molecule has 2 aromatic heterocycles. The summed E-state index contributed by atoms with van der Waals surface area (Å²) in [6.07, 6.45) is 1.35. The zero-order valence-corrected chi connectivity index (χ0v) is 18.2. The Hall–Kier alpha value is -3.09. The van der Waals surface area contributed by atoms with Gasteiger partial charge in [0.2, 0.25) is 11.6 Å². The van der Waals surface area contributed by atoms with Crippen molar-refractivity contribution in [1.82, 2.24) is 30.3 Å². The van der Waals surface area contributed by atoms with E-state index >= 15 is 0 Å². The number of carbonyl (C=O) groups is 1. The van der Waals surface area contributed by atoms with Gasteiger partial charge in [0.1, 0.15) is 17.7 Å². The van der Waals surface area contributed by atoms with Gasteiger partial charge in [0.05, 0.1) is 11.1 Å². The Balaban J connectivity index is 1.34. The standard InChI is InChI=1S/C18H19BrFN7O4/c1-2-29-15(28)10-27-23-17(22-25-27)16-21-18(31-24-16)26-7-5-12(6-8-26)30-14-9-11(20)3-4-13(14)19/h3-4,9,12H,2,5-8,10H2,1H3. The van der Waals surface area contributed by atoms with Gasteiger partial charge in [0.15, 0.2) is 6.54 Å². The molecule has 1 aliphatic rings. The van der Waals surface area contributed by atoms with Crippen molar-refractivity contribution in [3.63, 3.8) is 0 Å². The summed E-state index contributed by atoms with van der Waals surface area (Å²) < 4.78 is 30.3. The van der Waals surface area contributed by atoms with Gasteiger partial charge in [-0.3, -0.25) is 0 Å². The van der Waals surface area contributed by atoms with Gasteiger partial charge in [-0.05, 0) is 40.2 Å². The molecule has 0 saturated carbocycles. The van der Waals surface area contributed by atoms with E-state index in [9.17, 15) is 9.18 Å². The Labute approximate surface area is 184 Å². The second kappa shape index (κ2) is 9.37. The van der Waals surface area contributed by atoms with Gasteiger partial charge in [0.25, 0.3) is 0 Å². The molecule has 0 atom stereocenters. The SMILES string of the molecule is CCOC(=O)Cn1nnc(-c2noc(N3CCC(Oc4cc(F)ccc4Br)CC3)n2)n1. The zero-order chi connectivity index (χ0) is 21.8. The third-order valence-corrected chi connectivity index (χ3v) is 5.20. The summed E-state index contributed by atoms with van der Waals surface area (Å²) in [5.41, 5.74) is 0. The van der Waals surface area contributed by atoms with E-state index in [0.29, 0.717) is 42.2 Å². The van der Waals surface area contributed by atoms with Gasteiger partial charge >= 0.3 is 12.0 Å². The number of carbonyl (C=O) groups excluding carboxylic acids is 1. The van der Waals surface area contributed by atoms with E-state index in [1.807, 2.05) is 4.90 Å². The topological polar surface area (TPSA) is 121 Å². The first-order chi connectivity index (χ1) is 15.0. The second-order valence-corrected chi connectivity index (χ2v) is 7.58. The minimum atomic E-state index is -0.462. The number of anilines is 1. The van der Waals surface area contributed by atoms with Crippen LogP contribution in [0.5, 0.6) is 5.75 Å². The Morgan fingerprint density at radius 2 is 2.13 bits per heavy atom. The number of esters is 1. The molecular weight excluding hydrogens is 477 g/mol. The summed E-state index contributed by atoms with van der Waals surface area (Å²) in [5.74, 6) is -0.00594. The van der Waals surface area contributed by atoms with Crippen molar-refractivity contribution in [2.75, 3.05) is 24.6 Å². The van der Waals surface area contributed by atoms with Crippen molar-refractivity contribution in [3.05, 3.63) is 28.5 Å². The molecule has 1 aliphatic heterocycles. The molecule has 13 heteroatoms. The molecule has 11 nitrogen and oxygen atoms in total. The van der Waals surface area contributed by atoms with Crippen molar-refractivity contribution in [2.24, 2.45) is 0 Å². The first kappa shape index (κ1) is 21.2. The van der Waals surface area contributed by atoms with Crippen molar-refractivity contribution >= 4 is 27.9 Å². The van der Waals surface area contributed by atoms with Crippen LogP contribution < -0.4 is 9.64 Å². The summed E-state index contributed by atoms with van der Waals surface area (Å²) in [5, 5.41) is 15.6. The first-order valence-electron chi connectivity index (χ1n) is 9.66. The predicted octanol–water partition coefficient (Wildman–Crippen LogP) is 2.24. The van der Waals surface area contributed by atoms with Crippen LogP contribution in [-0.2, 0) is 16.1 Å². The number of hydrogen-bond acceptors (Lipinski definition) is 10. The lowest BCUT2D eigenvalue weighted by molar-refractivity contribution is -0.144. The van der Waals surface area contributed by atoms with E-state index in [1.54, 1.807) is 13.0 Å². The molecule has 1 saturated heterocycles. The highest BCUT2D eigenvalue weighted by Gasteiger charge is 2.26. The summed E-state index contributed by atoms with van der Waals surface area (Å²) in [6, 6.07) is 4.69. The predicted molar refractivity (Wildman–Crippen MR) is 108 cm³/mol. The van der Waals surface area contributed by atoms with Crippen molar-refractivity contribution in [1.29, 1.82) is 0 Å². The number of piperidine rings is 1. The van der Waals surface area contributed by atoms with E-state index in [-0.39, 0.29) is 36.7 Å². The fourth-order valence-electron chi connectivity index (χ4n) is 3.07. The average molecular weight is 496 g/mol. The average Bonchev–Trinajstić information content (AvgIpc) is 3.41. The van der Waals surface area contributed by atoms with Crippen molar-refractivity contribution in [2.45, 2.75) is 32.4 Å². The number of halogens is 2. The van der Waals surface area contributed by atoms with Gasteiger partial charge in [-0.1, -0.05) is 5.16 Å². The van der Waals surface area contributed by atoms with Gasteiger partial charge in [-0.25, -0.2) is 9.18 Å². The Morgan fingerprint density at radius 1 is 1.32 bits per heavy atom. The molecule has 3 aromatic rings. The lowest BCUT2D eigenvalue weighted by atomic mass is 10.1. The van der Waals surface area contributed by atoms with Gasteiger partial charge < -0.3 is 18.9 Å². The molecule has 1 fully saturated rings. The van der Waals surface area contributed by atoms with Crippen LogP contribution in [0, 0.1) is 5.82 Å². The van der Waals surface area contributed by atoms with Crippen molar-refractivity contribution in [3.8, 4) is 17.4 Å². The van der Waals surface area contributed by atoms with E-state index in [1.165, 1.54) is 12.1 Å². The zero-order valence-electron chi connectivity index (χ0n) is 16.6. The molecule has 3 heterocycles. The van der Waals surface area contributed by atoms with Crippen LogP contribution >= 0.6 is 15.9 Å². The molecule has 1 aromatic carbocycles. The normalized spacial score (nSPS) is 14.6. The molecule has 0 amide bonds. The molecule has 4 rings (SSSR count). The van der Waals surface area contributed by atoms with Gasteiger partial charge in [-0.2, -0.15) is 9.78 Å². The molecule has 0 spiro atoms. The Bertz CT molecular complexity index is 1050. The van der Waals surface area contributed by atoms with Crippen molar-refractivity contribution < 1.29 is 23.2 Å². The molecule has 0 bridgehead atoms. The number of rotatable bonds is 7. The number of benzene rings is 1. The summed E-state index contributed by atoms with van der Waals surface area (Å²) in [6.45, 7) is 3.09. The Morgan fingerprint density at radius 3 is 2.90 bits per heavy atom. The minimum absolute atomic E-state index is 0.0545. The van der Waals surface area contributed by atoms with Crippen LogP contribution in [0.4, 0.5) is 10.4 Å². The van der Waals surface area contributed by atoms with E-state index < -0.39 is 5.97 Å². The van der Waals surface area contributed by atoms with E-state index in [4.69, 9.17) is 14.0 Å². The lowest BCUT2D eigenvalue weighted by Crippen LogP contribution is -2.38. The van der Waals surface area contributed by atoms with Crippen LogP contribution in [0.3, 0.4) is 0 Å².